The molecule has 1 aliphatic rings. The SMILES string of the molecule is CC(C)(C)[C@H](c1ccc(O)cc1O)N1CCNCC1.Cl.Cl. The van der Waals surface area contributed by atoms with Crippen LogP contribution in [0.2, 0.25) is 0 Å². The van der Waals surface area contributed by atoms with E-state index in [0.29, 0.717) is 0 Å². The lowest BCUT2D eigenvalue weighted by Crippen LogP contribution is -2.48. The van der Waals surface area contributed by atoms with Gasteiger partial charge in [0.1, 0.15) is 11.5 Å². The minimum atomic E-state index is 0. The Hall–Kier alpha value is -0.680. The van der Waals surface area contributed by atoms with E-state index >= 15 is 0 Å². The molecule has 1 fully saturated rings. The summed E-state index contributed by atoms with van der Waals surface area (Å²) < 4.78 is 0. The first-order chi connectivity index (χ1) is 8.89. The number of hydrogen-bond donors (Lipinski definition) is 3. The van der Waals surface area contributed by atoms with Crippen molar-refractivity contribution in [3.63, 3.8) is 0 Å². The van der Waals surface area contributed by atoms with Crippen LogP contribution in [0.25, 0.3) is 0 Å². The summed E-state index contributed by atoms with van der Waals surface area (Å²) in [6.07, 6.45) is 0. The number of phenols is 2. The van der Waals surface area contributed by atoms with Crippen molar-refractivity contribution in [2.45, 2.75) is 26.8 Å². The smallest absolute Gasteiger partial charge is 0.124 e. The average Bonchev–Trinajstić information content (AvgIpc) is 2.32. The van der Waals surface area contributed by atoms with E-state index < -0.39 is 0 Å². The highest BCUT2D eigenvalue weighted by molar-refractivity contribution is 5.85. The van der Waals surface area contributed by atoms with E-state index in [4.69, 9.17) is 0 Å². The zero-order chi connectivity index (χ0) is 14.0. The van der Waals surface area contributed by atoms with Crippen LogP contribution in [0, 0.1) is 5.41 Å². The maximum absolute atomic E-state index is 10.2. The first-order valence-electron chi connectivity index (χ1n) is 6.86. The number of nitrogens with zero attached hydrogens (tertiary/aromatic N) is 1. The van der Waals surface area contributed by atoms with Gasteiger partial charge in [-0.05, 0) is 11.5 Å². The standard InChI is InChI=1S/C15H24N2O2.2ClH/c1-15(2,3)14(17-8-6-16-7-9-17)12-5-4-11(18)10-13(12)19;;/h4-5,10,14,16,18-19H,6-9H2,1-3H3;2*1H/t14-;;/m0../s1. The molecule has 1 aromatic rings. The Morgan fingerprint density at radius 2 is 1.67 bits per heavy atom. The van der Waals surface area contributed by atoms with Gasteiger partial charge in [0.05, 0.1) is 0 Å². The maximum Gasteiger partial charge on any atom is 0.124 e. The Labute approximate surface area is 139 Å². The van der Waals surface area contributed by atoms with Crippen LogP contribution in [0.4, 0.5) is 0 Å². The van der Waals surface area contributed by atoms with Gasteiger partial charge in [-0.15, -0.1) is 24.8 Å². The number of aromatic hydroxyl groups is 2. The Morgan fingerprint density at radius 3 is 2.14 bits per heavy atom. The number of nitrogens with one attached hydrogen (secondary N) is 1. The largest absolute Gasteiger partial charge is 0.508 e. The third-order valence-electron chi connectivity index (χ3n) is 3.65. The number of piperazine rings is 1. The third kappa shape index (κ3) is 4.92. The predicted molar refractivity (Wildman–Crippen MR) is 90.9 cm³/mol. The summed E-state index contributed by atoms with van der Waals surface area (Å²) in [7, 11) is 0. The van der Waals surface area contributed by atoms with Gasteiger partial charge in [-0.3, -0.25) is 4.90 Å². The molecule has 0 amide bonds. The Bertz CT molecular complexity index is 444. The number of benzene rings is 1. The van der Waals surface area contributed by atoms with Crippen LogP contribution in [-0.4, -0.2) is 41.3 Å². The molecule has 0 aromatic heterocycles. The van der Waals surface area contributed by atoms with Crippen LogP contribution < -0.4 is 5.32 Å². The van der Waals surface area contributed by atoms with Gasteiger partial charge in [0.25, 0.3) is 0 Å². The van der Waals surface area contributed by atoms with E-state index in [2.05, 4.69) is 31.0 Å². The zero-order valence-electron chi connectivity index (χ0n) is 12.8. The quantitative estimate of drug-likeness (QED) is 0.777. The highest BCUT2D eigenvalue weighted by atomic mass is 35.5. The van der Waals surface area contributed by atoms with Crippen molar-refractivity contribution in [1.82, 2.24) is 10.2 Å². The van der Waals surface area contributed by atoms with Crippen molar-refractivity contribution < 1.29 is 10.2 Å². The first kappa shape index (κ1) is 20.3. The molecule has 0 aliphatic carbocycles. The van der Waals surface area contributed by atoms with E-state index in [0.717, 1.165) is 31.7 Å². The molecule has 2 rings (SSSR count). The third-order valence-corrected chi connectivity index (χ3v) is 3.65. The van der Waals surface area contributed by atoms with Crippen molar-refractivity contribution in [2.75, 3.05) is 26.2 Å². The summed E-state index contributed by atoms with van der Waals surface area (Å²) in [6.45, 7) is 10.5. The molecular formula is C15H26Cl2N2O2. The fraction of sp³-hybridized carbons (Fsp3) is 0.600. The van der Waals surface area contributed by atoms with Gasteiger partial charge in [-0.1, -0.05) is 26.8 Å². The monoisotopic (exact) mass is 336 g/mol. The lowest BCUT2D eigenvalue weighted by molar-refractivity contribution is 0.0842. The molecule has 122 valence electrons. The van der Waals surface area contributed by atoms with E-state index in [9.17, 15) is 10.2 Å². The second-order valence-electron chi connectivity index (χ2n) is 6.30. The van der Waals surface area contributed by atoms with Gasteiger partial charge in [0.15, 0.2) is 0 Å². The van der Waals surface area contributed by atoms with Crippen molar-refractivity contribution in [2.24, 2.45) is 5.41 Å². The molecule has 1 aromatic carbocycles. The molecule has 0 saturated carbocycles. The Kier molecular flexibility index (Phi) is 7.82. The summed E-state index contributed by atoms with van der Waals surface area (Å²) in [6, 6.07) is 5.06. The van der Waals surface area contributed by atoms with E-state index in [1.54, 1.807) is 6.07 Å². The molecule has 1 atom stereocenters. The molecule has 0 unspecified atom stereocenters. The molecule has 21 heavy (non-hydrogen) atoms. The van der Waals surface area contributed by atoms with Crippen molar-refractivity contribution in [3.8, 4) is 11.5 Å². The second-order valence-corrected chi connectivity index (χ2v) is 6.30. The highest BCUT2D eigenvalue weighted by Crippen LogP contribution is 2.42. The molecule has 0 bridgehead atoms. The zero-order valence-corrected chi connectivity index (χ0v) is 14.4. The fourth-order valence-electron chi connectivity index (χ4n) is 2.91. The Morgan fingerprint density at radius 1 is 1.10 bits per heavy atom. The summed E-state index contributed by atoms with van der Waals surface area (Å²) in [5.41, 5.74) is 0.915. The number of phenolic OH excluding ortho intramolecular Hbond substituents is 2. The van der Waals surface area contributed by atoms with Crippen molar-refractivity contribution in [3.05, 3.63) is 23.8 Å². The van der Waals surface area contributed by atoms with Crippen molar-refractivity contribution in [1.29, 1.82) is 0 Å². The van der Waals surface area contributed by atoms with Crippen LogP contribution in [0.3, 0.4) is 0 Å². The van der Waals surface area contributed by atoms with Gasteiger partial charge in [-0.25, -0.2) is 0 Å². The lowest BCUT2D eigenvalue weighted by atomic mass is 9.80. The summed E-state index contributed by atoms with van der Waals surface area (Å²) in [5.74, 6) is 0.285. The van der Waals surface area contributed by atoms with Crippen LogP contribution in [0.1, 0.15) is 32.4 Å². The molecule has 1 saturated heterocycles. The molecule has 3 N–H and O–H groups in total. The minimum Gasteiger partial charge on any atom is -0.508 e. The highest BCUT2D eigenvalue weighted by Gasteiger charge is 2.34. The van der Waals surface area contributed by atoms with Gasteiger partial charge in [-0.2, -0.15) is 0 Å². The van der Waals surface area contributed by atoms with E-state index in [1.807, 2.05) is 6.07 Å². The predicted octanol–water partition coefficient (Wildman–Crippen LogP) is 2.93. The summed E-state index contributed by atoms with van der Waals surface area (Å²) in [4.78, 5) is 2.41. The number of rotatable bonds is 2. The molecule has 1 heterocycles. The van der Waals surface area contributed by atoms with Crippen LogP contribution in [-0.2, 0) is 0 Å². The minimum absolute atomic E-state index is 0. The molecular weight excluding hydrogens is 311 g/mol. The Balaban J connectivity index is 0.00000200. The molecule has 4 nitrogen and oxygen atoms in total. The van der Waals surface area contributed by atoms with Gasteiger partial charge in [0.2, 0.25) is 0 Å². The topological polar surface area (TPSA) is 55.7 Å². The fourth-order valence-corrected chi connectivity index (χ4v) is 2.91. The first-order valence-corrected chi connectivity index (χ1v) is 6.86. The molecule has 0 spiro atoms. The molecule has 1 aliphatic heterocycles. The van der Waals surface area contributed by atoms with Gasteiger partial charge < -0.3 is 15.5 Å². The van der Waals surface area contributed by atoms with Crippen LogP contribution in [0.15, 0.2) is 18.2 Å². The van der Waals surface area contributed by atoms with Crippen molar-refractivity contribution >= 4 is 24.8 Å². The normalized spacial score (nSPS) is 17.5. The molecule has 6 heteroatoms. The number of hydrogen-bond acceptors (Lipinski definition) is 4. The molecule has 0 radical (unpaired) electrons. The van der Waals surface area contributed by atoms with E-state index in [-0.39, 0.29) is 47.8 Å². The van der Waals surface area contributed by atoms with Gasteiger partial charge in [0, 0.05) is 43.9 Å². The lowest BCUT2D eigenvalue weighted by Gasteiger charge is -2.42. The average molecular weight is 337 g/mol. The van der Waals surface area contributed by atoms with Crippen LogP contribution in [0.5, 0.6) is 11.5 Å². The second kappa shape index (κ2) is 8.08. The summed E-state index contributed by atoms with van der Waals surface area (Å²) in [5, 5.41) is 23.0. The van der Waals surface area contributed by atoms with E-state index in [1.165, 1.54) is 6.07 Å². The maximum atomic E-state index is 10.2. The number of halogens is 2. The van der Waals surface area contributed by atoms with Crippen LogP contribution >= 0.6 is 24.8 Å². The summed E-state index contributed by atoms with van der Waals surface area (Å²) >= 11 is 0. The van der Waals surface area contributed by atoms with Gasteiger partial charge >= 0.3 is 0 Å².